The van der Waals surface area contributed by atoms with Crippen LogP contribution in [-0.4, -0.2) is 47.1 Å². The number of nitrogens with zero attached hydrogens (tertiary/aromatic N) is 3. The molecule has 1 aromatic heterocycles. The normalized spacial score (nSPS) is 10.1. The molecule has 17 heavy (non-hydrogen) atoms. The van der Waals surface area contributed by atoms with Gasteiger partial charge >= 0.3 is 5.97 Å². The fourth-order valence-corrected chi connectivity index (χ4v) is 1.15. The van der Waals surface area contributed by atoms with E-state index in [0.29, 0.717) is 12.5 Å². The fraction of sp³-hybridized carbons (Fsp3) is 0.600. The average Bonchev–Trinajstić information content (AvgIpc) is 2.72. The lowest BCUT2D eigenvalue weighted by Gasteiger charge is -2.13. The molecule has 7 heteroatoms. The summed E-state index contributed by atoms with van der Waals surface area (Å²) >= 11 is 0. The zero-order chi connectivity index (χ0) is 12.8. The van der Waals surface area contributed by atoms with Crippen LogP contribution in [-0.2, 0) is 9.53 Å². The first-order valence-electron chi connectivity index (χ1n) is 5.26. The van der Waals surface area contributed by atoms with Crippen LogP contribution < -0.4 is 0 Å². The number of hydrogen-bond donors (Lipinski definition) is 0. The van der Waals surface area contributed by atoms with Crippen LogP contribution in [0.5, 0.6) is 0 Å². The first-order chi connectivity index (χ1) is 8.04. The lowest BCUT2D eigenvalue weighted by Crippen LogP contribution is -2.30. The van der Waals surface area contributed by atoms with Crippen LogP contribution in [0.3, 0.4) is 0 Å². The highest BCUT2D eigenvalue weighted by Gasteiger charge is 2.18. The molecule has 0 radical (unpaired) electrons. The van der Waals surface area contributed by atoms with Gasteiger partial charge in [0.25, 0.3) is 11.7 Å². The van der Waals surface area contributed by atoms with E-state index >= 15 is 0 Å². The lowest BCUT2D eigenvalue weighted by atomic mass is 10.4. The summed E-state index contributed by atoms with van der Waals surface area (Å²) in [5.41, 5.74) is 0. The first-order valence-corrected chi connectivity index (χ1v) is 5.26. The second-order valence-electron chi connectivity index (χ2n) is 3.42. The predicted molar refractivity (Wildman–Crippen MR) is 57.2 cm³/mol. The molecule has 0 bridgehead atoms. The van der Waals surface area contributed by atoms with Crippen LogP contribution in [0, 0.1) is 6.92 Å². The minimum absolute atomic E-state index is 0.00569. The molecule has 0 saturated carbocycles. The predicted octanol–water partition coefficient (Wildman–Crippen LogP) is 0.403. The summed E-state index contributed by atoms with van der Waals surface area (Å²) in [4.78, 5) is 28.0. The van der Waals surface area contributed by atoms with Gasteiger partial charge in [0.05, 0.1) is 13.0 Å². The van der Waals surface area contributed by atoms with E-state index in [2.05, 4.69) is 10.1 Å². The summed E-state index contributed by atoms with van der Waals surface area (Å²) < 4.78 is 9.45. The highest BCUT2D eigenvalue weighted by Crippen LogP contribution is 2.00. The summed E-state index contributed by atoms with van der Waals surface area (Å²) in [6.07, 6.45) is 0.146. The van der Waals surface area contributed by atoms with E-state index in [1.165, 1.54) is 4.90 Å². The third-order valence-electron chi connectivity index (χ3n) is 2.02. The molecule has 0 atom stereocenters. The average molecular weight is 241 g/mol. The Labute approximate surface area is 98.7 Å². The molecule has 0 unspecified atom stereocenters. The van der Waals surface area contributed by atoms with Gasteiger partial charge in [0.2, 0.25) is 5.89 Å². The monoisotopic (exact) mass is 241 g/mol. The van der Waals surface area contributed by atoms with Crippen LogP contribution in [0.15, 0.2) is 4.52 Å². The van der Waals surface area contributed by atoms with Crippen LogP contribution in [0.1, 0.15) is 29.9 Å². The molecule has 0 fully saturated rings. The Balaban J connectivity index is 2.45. The Morgan fingerprint density at radius 1 is 1.47 bits per heavy atom. The van der Waals surface area contributed by atoms with Gasteiger partial charge in [-0.3, -0.25) is 9.59 Å². The van der Waals surface area contributed by atoms with Crippen molar-refractivity contribution in [2.75, 3.05) is 20.2 Å². The van der Waals surface area contributed by atoms with Crippen LogP contribution >= 0.6 is 0 Å². The van der Waals surface area contributed by atoms with E-state index in [0.717, 1.165) is 0 Å². The minimum atomic E-state index is -0.383. The summed E-state index contributed by atoms with van der Waals surface area (Å²) in [5.74, 6) is -0.399. The number of aryl methyl sites for hydroxylation is 1. The highest BCUT2D eigenvalue weighted by atomic mass is 16.5. The molecule has 1 aromatic rings. The Hall–Kier alpha value is -1.92. The van der Waals surface area contributed by atoms with Crippen molar-refractivity contribution >= 4 is 11.9 Å². The number of carbonyl (C=O) groups excluding carboxylic acids is 2. The van der Waals surface area contributed by atoms with Crippen molar-refractivity contribution < 1.29 is 18.8 Å². The number of hydrogen-bond acceptors (Lipinski definition) is 6. The molecule has 0 aliphatic rings. The van der Waals surface area contributed by atoms with Crippen molar-refractivity contribution in [1.82, 2.24) is 15.0 Å². The minimum Gasteiger partial charge on any atom is -0.466 e. The van der Waals surface area contributed by atoms with Crippen molar-refractivity contribution in [3.63, 3.8) is 0 Å². The Kier molecular flexibility index (Phi) is 4.62. The van der Waals surface area contributed by atoms with Crippen molar-refractivity contribution in [2.24, 2.45) is 0 Å². The second kappa shape index (κ2) is 5.97. The van der Waals surface area contributed by atoms with E-state index in [-0.39, 0.29) is 30.7 Å². The van der Waals surface area contributed by atoms with Gasteiger partial charge in [-0.25, -0.2) is 0 Å². The summed E-state index contributed by atoms with van der Waals surface area (Å²) in [6, 6.07) is 0. The SMILES string of the molecule is CCOC(=O)CCN(C)C(=O)c1noc(C)n1. The van der Waals surface area contributed by atoms with E-state index < -0.39 is 0 Å². The van der Waals surface area contributed by atoms with Crippen molar-refractivity contribution in [3.05, 3.63) is 11.7 Å². The molecule has 1 rings (SSSR count). The van der Waals surface area contributed by atoms with E-state index in [1.807, 2.05) is 0 Å². The zero-order valence-corrected chi connectivity index (χ0v) is 10.1. The molecule has 0 saturated heterocycles. The zero-order valence-electron chi connectivity index (χ0n) is 10.1. The van der Waals surface area contributed by atoms with Gasteiger partial charge in [-0.15, -0.1) is 0 Å². The summed E-state index contributed by atoms with van der Waals surface area (Å²) in [5, 5.41) is 3.51. The Morgan fingerprint density at radius 2 is 2.18 bits per heavy atom. The standard InChI is InChI=1S/C10H15N3O4/c1-4-16-8(14)5-6-13(3)10(15)9-11-7(2)17-12-9/h4-6H2,1-3H3. The van der Waals surface area contributed by atoms with E-state index in [1.54, 1.807) is 20.9 Å². The summed E-state index contributed by atoms with van der Waals surface area (Å²) in [7, 11) is 1.56. The number of aromatic nitrogens is 2. The molecular weight excluding hydrogens is 226 g/mol. The third-order valence-corrected chi connectivity index (χ3v) is 2.02. The molecule has 0 aliphatic carbocycles. The van der Waals surface area contributed by atoms with Gasteiger partial charge in [-0.2, -0.15) is 4.98 Å². The van der Waals surface area contributed by atoms with Crippen molar-refractivity contribution in [3.8, 4) is 0 Å². The largest absolute Gasteiger partial charge is 0.466 e. The molecular formula is C10H15N3O4. The molecule has 0 spiro atoms. The van der Waals surface area contributed by atoms with Gasteiger partial charge in [-0.1, -0.05) is 5.16 Å². The van der Waals surface area contributed by atoms with Crippen molar-refractivity contribution in [2.45, 2.75) is 20.3 Å². The van der Waals surface area contributed by atoms with Crippen molar-refractivity contribution in [1.29, 1.82) is 0 Å². The second-order valence-corrected chi connectivity index (χ2v) is 3.42. The highest BCUT2D eigenvalue weighted by molar-refractivity contribution is 5.90. The molecule has 1 heterocycles. The van der Waals surface area contributed by atoms with Gasteiger partial charge < -0.3 is 14.2 Å². The maximum atomic E-state index is 11.7. The smallest absolute Gasteiger partial charge is 0.307 e. The Bertz CT molecular complexity index is 402. The van der Waals surface area contributed by atoms with Crippen LogP contribution in [0.2, 0.25) is 0 Å². The number of esters is 1. The molecule has 7 nitrogen and oxygen atoms in total. The maximum absolute atomic E-state index is 11.7. The topological polar surface area (TPSA) is 85.5 Å². The number of ether oxygens (including phenoxy) is 1. The van der Waals surface area contributed by atoms with Crippen LogP contribution in [0.25, 0.3) is 0 Å². The first kappa shape index (κ1) is 13.1. The molecule has 0 aliphatic heterocycles. The maximum Gasteiger partial charge on any atom is 0.307 e. The quantitative estimate of drug-likeness (QED) is 0.694. The number of amides is 1. The fourth-order valence-electron chi connectivity index (χ4n) is 1.15. The number of carbonyl (C=O) groups is 2. The Morgan fingerprint density at radius 3 is 2.71 bits per heavy atom. The third kappa shape index (κ3) is 3.86. The number of rotatable bonds is 5. The van der Waals surface area contributed by atoms with Crippen LogP contribution in [0.4, 0.5) is 0 Å². The summed E-state index contributed by atoms with van der Waals surface area (Å²) in [6.45, 7) is 3.92. The van der Waals surface area contributed by atoms with E-state index in [9.17, 15) is 9.59 Å². The van der Waals surface area contributed by atoms with Gasteiger partial charge in [0, 0.05) is 20.5 Å². The molecule has 0 aromatic carbocycles. The van der Waals surface area contributed by atoms with Gasteiger partial charge in [0.15, 0.2) is 0 Å². The van der Waals surface area contributed by atoms with Gasteiger partial charge in [-0.05, 0) is 6.92 Å². The molecule has 94 valence electrons. The molecule has 0 N–H and O–H groups in total. The lowest BCUT2D eigenvalue weighted by molar-refractivity contribution is -0.143. The molecule has 1 amide bonds. The van der Waals surface area contributed by atoms with E-state index in [4.69, 9.17) is 9.26 Å². The van der Waals surface area contributed by atoms with Gasteiger partial charge in [0.1, 0.15) is 0 Å².